The van der Waals surface area contributed by atoms with Gasteiger partial charge in [0.15, 0.2) is 0 Å². The molecular formula is C13H20FNO4S. The molecule has 0 saturated heterocycles. The zero-order valence-corrected chi connectivity index (χ0v) is 12.2. The predicted molar refractivity (Wildman–Crippen MR) is 73.2 cm³/mol. The Labute approximate surface area is 118 Å². The average Bonchev–Trinajstić information content (AvgIpc) is 2.42. The lowest BCUT2D eigenvalue weighted by molar-refractivity contribution is 0.133. The highest BCUT2D eigenvalue weighted by Gasteiger charge is 2.18. The lowest BCUT2D eigenvalue weighted by Crippen LogP contribution is -2.26. The Morgan fingerprint density at radius 1 is 1.35 bits per heavy atom. The van der Waals surface area contributed by atoms with Crippen LogP contribution in [0.3, 0.4) is 0 Å². The summed E-state index contributed by atoms with van der Waals surface area (Å²) >= 11 is 0. The summed E-state index contributed by atoms with van der Waals surface area (Å²) in [5.41, 5.74) is 0.328. The molecule has 0 radical (unpaired) electrons. The van der Waals surface area contributed by atoms with Gasteiger partial charge in [0.2, 0.25) is 10.0 Å². The summed E-state index contributed by atoms with van der Waals surface area (Å²) in [6.07, 6.45) is 1.43. The van der Waals surface area contributed by atoms with Crippen molar-refractivity contribution in [2.24, 2.45) is 0 Å². The van der Waals surface area contributed by atoms with Gasteiger partial charge < -0.3 is 9.84 Å². The Balaban J connectivity index is 2.56. The number of ether oxygens (including phenoxy) is 1. The minimum Gasteiger partial charge on any atom is -0.392 e. The molecule has 0 spiro atoms. The fraction of sp³-hybridized carbons (Fsp3) is 0.538. The number of halogens is 1. The van der Waals surface area contributed by atoms with Crippen LogP contribution in [0, 0.1) is 5.82 Å². The van der Waals surface area contributed by atoms with Crippen LogP contribution in [0.2, 0.25) is 0 Å². The third kappa shape index (κ3) is 5.16. The van der Waals surface area contributed by atoms with Gasteiger partial charge in [0, 0.05) is 19.8 Å². The molecule has 2 N–H and O–H groups in total. The van der Waals surface area contributed by atoms with Gasteiger partial charge in [-0.1, -0.05) is 13.0 Å². The molecule has 0 atom stereocenters. The Morgan fingerprint density at radius 3 is 2.70 bits per heavy atom. The molecule has 0 heterocycles. The number of hydrogen-bond donors (Lipinski definition) is 2. The zero-order chi connectivity index (χ0) is 15.0. The third-order valence-corrected chi connectivity index (χ3v) is 4.07. The van der Waals surface area contributed by atoms with E-state index in [1.54, 1.807) is 0 Å². The first kappa shape index (κ1) is 17.0. The van der Waals surface area contributed by atoms with Gasteiger partial charge in [-0.25, -0.2) is 17.5 Å². The molecule has 0 unspecified atom stereocenters. The van der Waals surface area contributed by atoms with Crippen molar-refractivity contribution in [3.63, 3.8) is 0 Å². The molecular weight excluding hydrogens is 285 g/mol. The molecule has 0 aromatic heterocycles. The first-order chi connectivity index (χ1) is 9.51. The summed E-state index contributed by atoms with van der Waals surface area (Å²) in [6.45, 7) is 2.94. The minimum absolute atomic E-state index is 0.188. The third-order valence-electron chi connectivity index (χ3n) is 2.57. The lowest BCUT2D eigenvalue weighted by atomic mass is 10.2. The van der Waals surface area contributed by atoms with Gasteiger partial charge >= 0.3 is 0 Å². The quantitative estimate of drug-likeness (QED) is 0.677. The summed E-state index contributed by atoms with van der Waals surface area (Å²) in [4.78, 5) is -0.413. The molecule has 1 rings (SSSR count). The highest BCUT2D eigenvalue weighted by Crippen LogP contribution is 2.15. The monoisotopic (exact) mass is 305 g/mol. The van der Waals surface area contributed by atoms with Crippen molar-refractivity contribution in [2.75, 3.05) is 19.8 Å². The largest absolute Gasteiger partial charge is 0.392 e. The van der Waals surface area contributed by atoms with Crippen LogP contribution >= 0.6 is 0 Å². The van der Waals surface area contributed by atoms with Crippen molar-refractivity contribution in [1.82, 2.24) is 4.72 Å². The van der Waals surface area contributed by atoms with Gasteiger partial charge in [-0.05, 0) is 30.5 Å². The van der Waals surface area contributed by atoms with Crippen LogP contribution in [-0.2, 0) is 21.4 Å². The van der Waals surface area contributed by atoms with Crippen molar-refractivity contribution < 1.29 is 22.7 Å². The van der Waals surface area contributed by atoms with Gasteiger partial charge in [0.05, 0.1) is 6.61 Å². The summed E-state index contributed by atoms with van der Waals surface area (Å²) < 4.78 is 45.0. The topological polar surface area (TPSA) is 75.6 Å². The van der Waals surface area contributed by atoms with Gasteiger partial charge in [-0.3, -0.25) is 0 Å². The number of sulfonamides is 1. The molecule has 0 fully saturated rings. The average molecular weight is 305 g/mol. The van der Waals surface area contributed by atoms with Gasteiger partial charge in [-0.2, -0.15) is 0 Å². The smallest absolute Gasteiger partial charge is 0.243 e. The van der Waals surface area contributed by atoms with Crippen molar-refractivity contribution >= 4 is 10.0 Å². The van der Waals surface area contributed by atoms with E-state index in [-0.39, 0.29) is 13.2 Å². The SMILES string of the molecule is CCCOCCCNS(=O)(=O)c1ccc(CO)cc1F. The second-order valence-electron chi connectivity index (χ2n) is 4.29. The Bertz CT molecular complexity index is 519. The van der Waals surface area contributed by atoms with E-state index in [0.717, 1.165) is 18.6 Å². The van der Waals surface area contributed by atoms with Gasteiger partial charge in [0.1, 0.15) is 10.7 Å². The second-order valence-corrected chi connectivity index (χ2v) is 6.02. The highest BCUT2D eigenvalue weighted by atomic mass is 32.2. The van der Waals surface area contributed by atoms with E-state index in [1.165, 1.54) is 6.07 Å². The standard InChI is InChI=1S/C13H20FNO4S/c1-2-7-19-8-3-6-15-20(17,18)13-5-4-11(10-16)9-12(13)14/h4-5,9,15-16H,2-3,6-8,10H2,1H3. The van der Waals surface area contributed by atoms with Gasteiger partial charge in [-0.15, -0.1) is 0 Å². The molecule has 0 aliphatic heterocycles. The van der Waals surface area contributed by atoms with Crippen LogP contribution < -0.4 is 4.72 Å². The molecule has 114 valence electrons. The van der Waals surface area contributed by atoms with Crippen LogP contribution in [0.5, 0.6) is 0 Å². The van der Waals surface area contributed by atoms with E-state index in [0.29, 0.717) is 25.2 Å². The summed E-state index contributed by atoms with van der Waals surface area (Å²) in [6, 6.07) is 3.54. The number of hydrogen-bond acceptors (Lipinski definition) is 4. The van der Waals surface area contributed by atoms with Crippen LogP contribution in [0.4, 0.5) is 4.39 Å². The molecule has 1 aromatic carbocycles. The van der Waals surface area contributed by atoms with Crippen molar-refractivity contribution in [3.05, 3.63) is 29.6 Å². The molecule has 20 heavy (non-hydrogen) atoms. The predicted octanol–water partition coefficient (Wildman–Crippen LogP) is 1.41. The molecule has 0 bridgehead atoms. The second kappa shape index (κ2) is 8.31. The molecule has 0 aliphatic carbocycles. The molecule has 1 aromatic rings. The Hall–Kier alpha value is -1.02. The number of nitrogens with one attached hydrogen (secondary N) is 1. The van der Waals surface area contributed by atoms with Crippen LogP contribution in [-0.4, -0.2) is 33.3 Å². The lowest BCUT2D eigenvalue weighted by Gasteiger charge is -2.08. The molecule has 7 heteroatoms. The van der Waals surface area contributed by atoms with Gasteiger partial charge in [0.25, 0.3) is 0 Å². The first-order valence-electron chi connectivity index (χ1n) is 6.48. The molecule has 0 amide bonds. The zero-order valence-electron chi connectivity index (χ0n) is 11.4. The number of benzene rings is 1. The Morgan fingerprint density at radius 2 is 2.10 bits per heavy atom. The summed E-state index contributed by atoms with van der Waals surface area (Å²) in [5.74, 6) is -0.869. The summed E-state index contributed by atoms with van der Waals surface area (Å²) in [7, 11) is -3.87. The van der Waals surface area contributed by atoms with Crippen molar-refractivity contribution in [3.8, 4) is 0 Å². The van der Waals surface area contributed by atoms with Crippen molar-refractivity contribution in [1.29, 1.82) is 0 Å². The number of aliphatic hydroxyl groups is 1. The fourth-order valence-electron chi connectivity index (χ4n) is 1.57. The highest BCUT2D eigenvalue weighted by molar-refractivity contribution is 7.89. The normalized spacial score (nSPS) is 11.8. The maximum Gasteiger partial charge on any atom is 0.243 e. The first-order valence-corrected chi connectivity index (χ1v) is 7.96. The van der Waals surface area contributed by atoms with E-state index in [9.17, 15) is 12.8 Å². The van der Waals surface area contributed by atoms with E-state index in [4.69, 9.17) is 9.84 Å². The van der Waals surface area contributed by atoms with Crippen LogP contribution in [0.15, 0.2) is 23.1 Å². The maximum atomic E-state index is 13.7. The molecule has 5 nitrogen and oxygen atoms in total. The van der Waals surface area contributed by atoms with E-state index >= 15 is 0 Å². The van der Waals surface area contributed by atoms with E-state index < -0.39 is 20.7 Å². The van der Waals surface area contributed by atoms with Crippen LogP contribution in [0.1, 0.15) is 25.3 Å². The number of rotatable bonds is 9. The minimum atomic E-state index is -3.87. The Kier molecular flexibility index (Phi) is 7.08. The van der Waals surface area contributed by atoms with E-state index in [1.807, 2.05) is 6.92 Å². The van der Waals surface area contributed by atoms with Crippen LogP contribution in [0.25, 0.3) is 0 Å². The molecule has 0 saturated carbocycles. The molecule has 0 aliphatic rings. The van der Waals surface area contributed by atoms with Crippen molar-refractivity contribution in [2.45, 2.75) is 31.3 Å². The summed E-state index contributed by atoms with van der Waals surface area (Å²) in [5, 5.41) is 8.85. The van der Waals surface area contributed by atoms with E-state index in [2.05, 4.69) is 4.72 Å². The fourth-order valence-corrected chi connectivity index (χ4v) is 2.70. The number of aliphatic hydroxyl groups excluding tert-OH is 1. The maximum absolute atomic E-state index is 13.7.